The van der Waals surface area contributed by atoms with Gasteiger partial charge < -0.3 is 4.89 Å². The Morgan fingerprint density at radius 3 is 1.78 bits per heavy atom. The first-order valence-corrected chi connectivity index (χ1v) is 12.2. The van der Waals surface area contributed by atoms with Gasteiger partial charge in [0.15, 0.2) is 5.75 Å². The summed E-state index contributed by atoms with van der Waals surface area (Å²) in [5.74, 6) is 0.747. The molecule has 174 valence electrons. The predicted molar refractivity (Wildman–Crippen MR) is 128 cm³/mol. The molecule has 2 aromatic heterocycles. The highest BCUT2D eigenvalue weighted by Gasteiger charge is 2.11. The van der Waals surface area contributed by atoms with E-state index in [4.69, 9.17) is 9.78 Å². The molecule has 0 saturated carbocycles. The number of rotatable bonds is 14. The molecule has 0 fully saturated rings. The van der Waals surface area contributed by atoms with Crippen molar-refractivity contribution in [1.82, 2.24) is 20.4 Å². The standard InChI is InChI=1S/C26H38N4O2/c1-5-23-21(24(6-2)28-27-23)12-9-11-19-14-16-20(17-15-19)32-31-18-10-13-22-25(7-3)29-30-26(22)8-4/h14-17H,5-13,18H2,1-4H3,(H,27,28)(H,29,30). The summed E-state index contributed by atoms with van der Waals surface area (Å²) in [6, 6.07) is 8.23. The molecule has 1 aromatic carbocycles. The van der Waals surface area contributed by atoms with E-state index in [0.717, 1.165) is 63.5 Å². The molecule has 2 N–H and O–H groups in total. The van der Waals surface area contributed by atoms with Gasteiger partial charge in [0.25, 0.3) is 0 Å². The maximum atomic E-state index is 5.48. The number of H-pyrrole nitrogens is 2. The molecule has 0 atom stereocenters. The van der Waals surface area contributed by atoms with Crippen molar-refractivity contribution in [3.63, 3.8) is 0 Å². The Morgan fingerprint density at radius 2 is 1.25 bits per heavy atom. The molecule has 0 bridgehead atoms. The zero-order chi connectivity index (χ0) is 22.8. The topological polar surface area (TPSA) is 75.8 Å². The van der Waals surface area contributed by atoms with E-state index in [1.165, 1.54) is 39.5 Å². The number of benzene rings is 1. The van der Waals surface area contributed by atoms with Crippen molar-refractivity contribution in [3.05, 3.63) is 63.7 Å². The van der Waals surface area contributed by atoms with Crippen molar-refractivity contribution < 1.29 is 9.78 Å². The van der Waals surface area contributed by atoms with E-state index in [1.54, 1.807) is 0 Å². The van der Waals surface area contributed by atoms with Gasteiger partial charge in [-0.15, -0.1) is 0 Å². The van der Waals surface area contributed by atoms with Crippen LogP contribution in [0, 0.1) is 0 Å². The summed E-state index contributed by atoms with van der Waals surface area (Å²) in [6.07, 6.45) is 9.03. The molecule has 6 nitrogen and oxygen atoms in total. The van der Waals surface area contributed by atoms with Gasteiger partial charge in [0.05, 0.1) is 18.0 Å². The molecule has 0 spiro atoms. The zero-order valence-electron chi connectivity index (χ0n) is 20.1. The number of aromatic amines is 2. The molecule has 0 aliphatic carbocycles. The van der Waals surface area contributed by atoms with E-state index in [0.29, 0.717) is 6.61 Å². The Hall–Kier alpha value is -2.60. The number of aromatic nitrogens is 4. The van der Waals surface area contributed by atoms with Gasteiger partial charge >= 0.3 is 0 Å². The summed E-state index contributed by atoms with van der Waals surface area (Å²) in [6.45, 7) is 9.21. The third-order valence-electron chi connectivity index (χ3n) is 6.08. The number of nitrogens with one attached hydrogen (secondary N) is 2. The van der Waals surface area contributed by atoms with Crippen molar-refractivity contribution in [2.75, 3.05) is 6.61 Å². The number of nitrogens with zero attached hydrogens (tertiary/aromatic N) is 2. The second-order valence-electron chi connectivity index (χ2n) is 8.18. The number of aryl methyl sites for hydroxylation is 5. The summed E-state index contributed by atoms with van der Waals surface area (Å²) >= 11 is 0. The third kappa shape index (κ3) is 6.22. The van der Waals surface area contributed by atoms with Gasteiger partial charge in [-0.3, -0.25) is 10.2 Å². The molecular weight excluding hydrogens is 400 g/mol. The van der Waals surface area contributed by atoms with Gasteiger partial charge in [-0.1, -0.05) is 39.8 Å². The molecule has 0 aliphatic heterocycles. The van der Waals surface area contributed by atoms with Crippen molar-refractivity contribution in [2.24, 2.45) is 0 Å². The molecule has 0 unspecified atom stereocenters. The molecule has 0 saturated heterocycles. The van der Waals surface area contributed by atoms with E-state index >= 15 is 0 Å². The molecule has 0 amide bonds. The summed E-state index contributed by atoms with van der Waals surface area (Å²) in [7, 11) is 0. The molecule has 3 rings (SSSR count). The van der Waals surface area contributed by atoms with E-state index in [2.05, 4.69) is 60.2 Å². The first-order chi connectivity index (χ1) is 15.7. The van der Waals surface area contributed by atoms with E-state index in [-0.39, 0.29) is 0 Å². The number of hydrogen-bond acceptors (Lipinski definition) is 4. The molecule has 3 aromatic rings. The van der Waals surface area contributed by atoms with Crippen LogP contribution in [0.25, 0.3) is 0 Å². The lowest BCUT2D eigenvalue weighted by Gasteiger charge is -2.08. The van der Waals surface area contributed by atoms with Gasteiger partial charge in [-0.05, 0) is 86.6 Å². The molecule has 0 radical (unpaired) electrons. The smallest absolute Gasteiger partial charge is 0.165 e. The van der Waals surface area contributed by atoms with Crippen LogP contribution in [0.15, 0.2) is 24.3 Å². The van der Waals surface area contributed by atoms with Crippen LogP contribution in [0.1, 0.15) is 80.0 Å². The predicted octanol–water partition coefficient (Wildman–Crippen LogP) is 5.50. The van der Waals surface area contributed by atoms with Crippen molar-refractivity contribution in [2.45, 2.75) is 85.5 Å². The van der Waals surface area contributed by atoms with Gasteiger partial charge in [0.2, 0.25) is 0 Å². The van der Waals surface area contributed by atoms with Crippen LogP contribution in [-0.4, -0.2) is 27.0 Å². The molecule has 2 heterocycles. The van der Waals surface area contributed by atoms with Crippen molar-refractivity contribution >= 4 is 0 Å². The Labute approximate surface area is 192 Å². The Bertz CT molecular complexity index is 900. The van der Waals surface area contributed by atoms with Gasteiger partial charge in [-0.2, -0.15) is 15.1 Å². The monoisotopic (exact) mass is 438 g/mol. The van der Waals surface area contributed by atoms with E-state index in [1.807, 2.05) is 12.1 Å². The van der Waals surface area contributed by atoms with Crippen molar-refractivity contribution in [1.29, 1.82) is 0 Å². The van der Waals surface area contributed by atoms with Gasteiger partial charge in [-0.25, -0.2) is 0 Å². The van der Waals surface area contributed by atoms with Crippen LogP contribution in [0.3, 0.4) is 0 Å². The Kier molecular flexibility index (Phi) is 9.35. The highest BCUT2D eigenvalue weighted by Crippen LogP contribution is 2.19. The lowest BCUT2D eigenvalue weighted by atomic mass is 10.0. The summed E-state index contributed by atoms with van der Waals surface area (Å²) in [5.41, 5.74) is 8.98. The maximum Gasteiger partial charge on any atom is 0.165 e. The van der Waals surface area contributed by atoms with Crippen LogP contribution >= 0.6 is 0 Å². The zero-order valence-corrected chi connectivity index (χ0v) is 20.1. The lowest BCUT2D eigenvalue weighted by Crippen LogP contribution is -2.03. The first kappa shape index (κ1) is 24.1. The van der Waals surface area contributed by atoms with E-state index in [9.17, 15) is 0 Å². The fraction of sp³-hybridized carbons (Fsp3) is 0.538. The molecular formula is C26H38N4O2. The Balaban J connectivity index is 1.38. The molecule has 6 heteroatoms. The SMILES string of the molecule is CCc1n[nH]c(CC)c1CCCOOc1ccc(CCCc2c(CC)n[nH]c2CC)cc1. The second-order valence-corrected chi connectivity index (χ2v) is 8.18. The number of hydrogen-bond donors (Lipinski definition) is 2. The summed E-state index contributed by atoms with van der Waals surface area (Å²) in [5, 5.41) is 15.2. The largest absolute Gasteiger partial charge is 0.338 e. The normalized spacial score (nSPS) is 11.2. The fourth-order valence-corrected chi connectivity index (χ4v) is 4.25. The molecule has 32 heavy (non-hydrogen) atoms. The second kappa shape index (κ2) is 12.4. The van der Waals surface area contributed by atoms with Crippen molar-refractivity contribution in [3.8, 4) is 5.75 Å². The average Bonchev–Trinajstić information content (AvgIpc) is 3.42. The van der Waals surface area contributed by atoms with Crippen LogP contribution < -0.4 is 4.89 Å². The average molecular weight is 439 g/mol. The minimum atomic E-state index is 0.559. The first-order valence-electron chi connectivity index (χ1n) is 12.2. The van der Waals surface area contributed by atoms with Crippen LogP contribution in [0.2, 0.25) is 0 Å². The lowest BCUT2D eigenvalue weighted by molar-refractivity contribution is -0.207. The quantitative estimate of drug-likeness (QED) is 0.198. The van der Waals surface area contributed by atoms with Gasteiger partial charge in [0, 0.05) is 11.4 Å². The highest BCUT2D eigenvalue weighted by molar-refractivity contribution is 5.28. The minimum Gasteiger partial charge on any atom is -0.338 e. The summed E-state index contributed by atoms with van der Waals surface area (Å²) in [4.78, 5) is 10.9. The van der Waals surface area contributed by atoms with Crippen LogP contribution in [-0.2, 0) is 49.8 Å². The van der Waals surface area contributed by atoms with Crippen LogP contribution in [0.4, 0.5) is 0 Å². The van der Waals surface area contributed by atoms with Crippen LogP contribution in [0.5, 0.6) is 5.75 Å². The highest BCUT2D eigenvalue weighted by atomic mass is 17.2. The molecule has 0 aliphatic rings. The van der Waals surface area contributed by atoms with E-state index < -0.39 is 0 Å². The maximum absolute atomic E-state index is 5.48. The summed E-state index contributed by atoms with van der Waals surface area (Å²) < 4.78 is 0. The third-order valence-corrected chi connectivity index (χ3v) is 6.08. The fourth-order valence-electron chi connectivity index (χ4n) is 4.25. The minimum absolute atomic E-state index is 0.559. The Morgan fingerprint density at radius 1 is 0.688 bits per heavy atom. The van der Waals surface area contributed by atoms with Gasteiger partial charge in [0.1, 0.15) is 0 Å².